The number of sulfonamides is 1. The molecule has 0 radical (unpaired) electrons. The Hall–Kier alpha value is -0.960. The van der Waals surface area contributed by atoms with E-state index in [4.69, 9.17) is 4.74 Å². The van der Waals surface area contributed by atoms with Gasteiger partial charge in [0.15, 0.2) is 0 Å². The van der Waals surface area contributed by atoms with E-state index in [0.717, 1.165) is 31.0 Å². The fourth-order valence-corrected chi connectivity index (χ4v) is 4.36. The zero-order valence-corrected chi connectivity index (χ0v) is 13.3. The number of rotatable bonds is 3. The third kappa shape index (κ3) is 3.28. The molecule has 1 N–H and O–H groups in total. The van der Waals surface area contributed by atoms with E-state index < -0.39 is 10.0 Å². The molecule has 0 saturated carbocycles. The Labute approximate surface area is 125 Å². The Kier molecular flexibility index (Phi) is 4.04. The van der Waals surface area contributed by atoms with Crippen LogP contribution in [0.4, 0.5) is 0 Å². The van der Waals surface area contributed by atoms with Crippen LogP contribution in [-0.2, 0) is 21.3 Å². The number of aromatic nitrogens is 2. The highest BCUT2D eigenvalue weighted by atomic mass is 32.2. The molecule has 1 aromatic heterocycles. The number of aryl methyl sites for hydroxylation is 1. The quantitative estimate of drug-likeness (QED) is 0.846. The minimum absolute atomic E-state index is 0.0215. The van der Waals surface area contributed by atoms with E-state index in [2.05, 4.69) is 14.9 Å². The van der Waals surface area contributed by atoms with Crippen LogP contribution in [0.5, 0.6) is 0 Å². The zero-order chi connectivity index (χ0) is 15.0. The van der Waals surface area contributed by atoms with Crippen molar-refractivity contribution in [3.8, 4) is 0 Å². The second kappa shape index (κ2) is 5.68. The van der Waals surface area contributed by atoms with E-state index >= 15 is 0 Å². The largest absolute Gasteiger partial charge is 0.375 e. The highest BCUT2D eigenvalue weighted by Crippen LogP contribution is 2.25. The highest BCUT2D eigenvalue weighted by molar-refractivity contribution is 7.88. The van der Waals surface area contributed by atoms with Gasteiger partial charge in [0, 0.05) is 38.1 Å². The van der Waals surface area contributed by atoms with Crippen molar-refractivity contribution in [2.24, 2.45) is 0 Å². The summed E-state index contributed by atoms with van der Waals surface area (Å²) in [5.41, 5.74) is 1.06. The zero-order valence-electron chi connectivity index (χ0n) is 12.4. The van der Waals surface area contributed by atoms with E-state index in [1.807, 2.05) is 13.1 Å². The number of hydrogen-bond donors (Lipinski definition) is 1. The maximum absolute atomic E-state index is 11.9. The number of morpholine rings is 1. The highest BCUT2D eigenvalue weighted by Gasteiger charge is 2.40. The maximum atomic E-state index is 11.9. The standard InChI is InChI=1S/C13H22N4O3S/c1-10-14-7-11(15-10)8-16-4-3-13-12(9-16)17(5-6-20-13)21(2,18)19/h7,12-13H,3-6,8-9H2,1-2H3,(H,14,15)/t12-,13-/m1/s1. The number of nitrogens with one attached hydrogen (secondary N) is 1. The van der Waals surface area contributed by atoms with Gasteiger partial charge in [-0.2, -0.15) is 4.31 Å². The van der Waals surface area contributed by atoms with Gasteiger partial charge in [0.05, 0.1) is 25.0 Å². The number of nitrogens with zero attached hydrogens (tertiary/aromatic N) is 3. The SMILES string of the molecule is Cc1ncc(CN2CC[C@H]3OCCN(S(C)(=O)=O)[C@@H]3C2)[nH]1. The summed E-state index contributed by atoms with van der Waals surface area (Å²) in [6, 6.07) is -0.0773. The van der Waals surface area contributed by atoms with Crippen molar-refractivity contribution in [2.45, 2.75) is 32.0 Å². The summed E-state index contributed by atoms with van der Waals surface area (Å²) in [6.07, 6.45) is 4.01. The number of aromatic amines is 1. The van der Waals surface area contributed by atoms with Crippen molar-refractivity contribution >= 4 is 10.0 Å². The fraction of sp³-hybridized carbons (Fsp3) is 0.769. The van der Waals surface area contributed by atoms with Gasteiger partial charge in [-0.1, -0.05) is 0 Å². The average Bonchev–Trinajstić information content (AvgIpc) is 2.82. The predicted octanol–water partition coefficient (Wildman–Crippen LogP) is -0.0472. The van der Waals surface area contributed by atoms with Crippen LogP contribution in [0, 0.1) is 6.92 Å². The molecule has 7 nitrogen and oxygen atoms in total. The van der Waals surface area contributed by atoms with Crippen molar-refractivity contribution in [3.63, 3.8) is 0 Å². The molecule has 0 amide bonds. The molecule has 0 aromatic carbocycles. The van der Waals surface area contributed by atoms with Crippen LogP contribution >= 0.6 is 0 Å². The molecule has 118 valence electrons. The van der Waals surface area contributed by atoms with Gasteiger partial charge in [-0.25, -0.2) is 13.4 Å². The van der Waals surface area contributed by atoms with E-state index in [0.29, 0.717) is 19.7 Å². The molecule has 2 aliphatic heterocycles. The summed E-state index contributed by atoms with van der Waals surface area (Å²) in [4.78, 5) is 9.69. The Morgan fingerprint density at radius 2 is 2.29 bits per heavy atom. The number of H-pyrrole nitrogens is 1. The van der Waals surface area contributed by atoms with E-state index in [1.165, 1.54) is 6.26 Å². The maximum Gasteiger partial charge on any atom is 0.211 e. The first-order valence-corrected chi connectivity index (χ1v) is 9.09. The van der Waals surface area contributed by atoms with Crippen LogP contribution in [-0.4, -0.2) is 72.2 Å². The Morgan fingerprint density at radius 1 is 1.48 bits per heavy atom. The Bertz CT molecular complexity index is 600. The van der Waals surface area contributed by atoms with Gasteiger partial charge in [-0.3, -0.25) is 4.90 Å². The first kappa shape index (κ1) is 15.0. The summed E-state index contributed by atoms with van der Waals surface area (Å²) in [7, 11) is -3.18. The molecule has 2 atom stereocenters. The molecular formula is C13H22N4O3S. The minimum atomic E-state index is -3.18. The topological polar surface area (TPSA) is 78.5 Å². The van der Waals surface area contributed by atoms with Gasteiger partial charge in [-0.15, -0.1) is 0 Å². The Morgan fingerprint density at radius 3 is 2.95 bits per heavy atom. The van der Waals surface area contributed by atoms with E-state index in [9.17, 15) is 8.42 Å². The van der Waals surface area contributed by atoms with Crippen LogP contribution in [0.15, 0.2) is 6.20 Å². The molecule has 8 heteroatoms. The summed E-state index contributed by atoms with van der Waals surface area (Å²) >= 11 is 0. The number of fused-ring (bicyclic) bond motifs is 1. The molecule has 0 bridgehead atoms. The van der Waals surface area contributed by atoms with Crippen LogP contribution < -0.4 is 0 Å². The van der Waals surface area contributed by atoms with Crippen LogP contribution in [0.25, 0.3) is 0 Å². The summed E-state index contributed by atoms with van der Waals surface area (Å²) in [6.45, 7) is 5.26. The van der Waals surface area contributed by atoms with Crippen molar-refractivity contribution in [1.82, 2.24) is 19.2 Å². The normalized spacial score (nSPS) is 28.5. The molecule has 2 fully saturated rings. The molecule has 0 spiro atoms. The first-order chi connectivity index (χ1) is 9.93. The third-order valence-electron chi connectivity index (χ3n) is 4.19. The lowest BCUT2D eigenvalue weighted by atomic mass is 10.0. The minimum Gasteiger partial charge on any atom is -0.375 e. The number of likely N-dealkylation sites (tertiary alicyclic amines) is 1. The second-order valence-corrected chi connectivity index (χ2v) is 7.80. The third-order valence-corrected chi connectivity index (χ3v) is 5.50. The molecular weight excluding hydrogens is 292 g/mol. The van der Waals surface area contributed by atoms with Crippen molar-refractivity contribution in [2.75, 3.05) is 32.5 Å². The van der Waals surface area contributed by atoms with Gasteiger partial charge >= 0.3 is 0 Å². The summed E-state index contributed by atoms with van der Waals surface area (Å²) in [5, 5.41) is 0. The molecule has 0 aliphatic carbocycles. The first-order valence-electron chi connectivity index (χ1n) is 7.25. The van der Waals surface area contributed by atoms with Gasteiger partial charge in [0.1, 0.15) is 5.82 Å². The smallest absolute Gasteiger partial charge is 0.211 e. The molecule has 2 aliphatic rings. The molecule has 0 unspecified atom stereocenters. The fourth-order valence-electron chi connectivity index (χ4n) is 3.25. The molecule has 1 aromatic rings. The average molecular weight is 314 g/mol. The number of imidazole rings is 1. The van der Waals surface area contributed by atoms with Crippen LogP contribution in [0.2, 0.25) is 0 Å². The Balaban J connectivity index is 1.71. The van der Waals surface area contributed by atoms with Gasteiger partial charge in [0.2, 0.25) is 10.0 Å². The van der Waals surface area contributed by atoms with Gasteiger partial charge in [-0.05, 0) is 13.3 Å². The second-order valence-electron chi connectivity index (χ2n) is 5.87. The lowest BCUT2D eigenvalue weighted by molar-refractivity contribution is -0.0769. The molecule has 3 rings (SSSR count). The predicted molar refractivity (Wildman–Crippen MR) is 78.3 cm³/mol. The lowest BCUT2D eigenvalue weighted by Gasteiger charge is -2.45. The van der Waals surface area contributed by atoms with Crippen molar-refractivity contribution < 1.29 is 13.2 Å². The van der Waals surface area contributed by atoms with E-state index in [-0.39, 0.29) is 12.1 Å². The summed E-state index contributed by atoms with van der Waals surface area (Å²) in [5.74, 6) is 0.902. The van der Waals surface area contributed by atoms with Crippen LogP contribution in [0.1, 0.15) is 17.9 Å². The van der Waals surface area contributed by atoms with Gasteiger partial charge < -0.3 is 9.72 Å². The summed E-state index contributed by atoms with van der Waals surface area (Å²) < 4.78 is 31.3. The number of ether oxygens (including phenoxy) is 1. The monoisotopic (exact) mass is 314 g/mol. The van der Waals surface area contributed by atoms with Crippen molar-refractivity contribution in [1.29, 1.82) is 0 Å². The number of piperidine rings is 1. The van der Waals surface area contributed by atoms with Crippen LogP contribution in [0.3, 0.4) is 0 Å². The molecule has 2 saturated heterocycles. The molecule has 3 heterocycles. The lowest BCUT2D eigenvalue weighted by Crippen LogP contribution is -2.60. The van der Waals surface area contributed by atoms with Crippen molar-refractivity contribution in [3.05, 3.63) is 17.7 Å². The van der Waals surface area contributed by atoms with Gasteiger partial charge in [0.25, 0.3) is 0 Å². The number of hydrogen-bond acceptors (Lipinski definition) is 5. The van der Waals surface area contributed by atoms with E-state index in [1.54, 1.807) is 4.31 Å². The molecule has 21 heavy (non-hydrogen) atoms.